The summed E-state index contributed by atoms with van der Waals surface area (Å²) in [5.74, 6) is 0.816. The Hall–Kier alpha value is -1.55. The first-order valence-corrected chi connectivity index (χ1v) is 7.77. The second kappa shape index (κ2) is 7.46. The number of aryl methyl sites for hydroxylation is 2. The van der Waals surface area contributed by atoms with E-state index in [0.29, 0.717) is 6.04 Å². The van der Waals surface area contributed by atoms with Gasteiger partial charge in [-0.2, -0.15) is 0 Å². The zero-order valence-corrected chi connectivity index (χ0v) is 13.3. The summed E-state index contributed by atoms with van der Waals surface area (Å²) in [5.41, 5.74) is 3.39. The smallest absolute Gasteiger partial charge is 0.258 e. The van der Waals surface area contributed by atoms with Gasteiger partial charge in [0.1, 0.15) is 5.75 Å². The molecule has 2 N–H and O–H groups in total. The second-order valence-corrected chi connectivity index (χ2v) is 5.93. The van der Waals surface area contributed by atoms with Crippen LogP contribution in [-0.4, -0.2) is 25.6 Å². The number of hydrogen-bond acceptors (Lipinski definition) is 3. The van der Waals surface area contributed by atoms with Crippen LogP contribution in [0.5, 0.6) is 5.75 Å². The maximum atomic E-state index is 11.9. The van der Waals surface area contributed by atoms with Crippen LogP contribution in [0.2, 0.25) is 0 Å². The van der Waals surface area contributed by atoms with Crippen molar-refractivity contribution in [2.45, 2.75) is 52.1 Å². The highest BCUT2D eigenvalue weighted by atomic mass is 16.5. The third kappa shape index (κ3) is 4.46. The molecule has 1 aromatic rings. The molecule has 1 saturated carbocycles. The van der Waals surface area contributed by atoms with E-state index < -0.39 is 0 Å². The molecule has 1 fully saturated rings. The van der Waals surface area contributed by atoms with E-state index in [-0.39, 0.29) is 12.5 Å². The number of carbonyl (C=O) groups excluding carboxylic acids is 1. The summed E-state index contributed by atoms with van der Waals surface area (Å²) in [6.07, 6.45) is 4.64. The van der Waals surface area contributed by atoms with Crippen molar-refractivity contribution in [3.05, 3.63) is 28.8 Å². The van der Waals surface area contributed by atoms with Gasteiger partial charge < -0.3 is 15.4 Å². The second-order valence-electron chi connectivity index (χ2n) is 5.93. The molecule has 1 aromatic carbocycles. The van der Waals surface area contributed by atoms with Gasteiger partial charge in [0.25, 0.3) is 5.91 Å². The Morgan fingerprint density at radius 2 is 1.86 bits per heavy atom. The van der Waals surface area contributed by atoms with E-state index in [1.54, 1.807) is 0 Å². The van der Waals surface area contributed by atoms with Gasteiger partial charge in [-0.25, -0.2) is 0 Å². The van der Waals surface area contributed by atoms with Crippen LogP contribution in [0.4, 0.5) is 0 Å². The molecular formula is C17H26N2O2. The summed E-state index contributed by atoms with van der Waals surface area (Å²) >= 11 is 0. The number of carbonyl (C=O) groups is 1. The summed E-state index contributed by atoms with van der Waals surface area (Å²) in [4.78, 5) is 11.9. The Morgan fingerprint density at radius 3 is 2.43 bits per heavy atom. The Balaban J connectivity index is 1.91. The van der Waals surface area contributed by atoms with Crippen LogP contribution in [0.15, 0.2) is 12.1 Å². The number of nitrogens with one attached hydrogen (secondary N) is 2. The van der Waals surface area contributed by atoms with Crippen molar-refractivity contribution in [2.75, 3.05) is 13.7 Å². The van der Waals surface area contributed by atoms with Crippen molar-refractivity contribution in [3.63, 3.8) is 0 Å². The molecule has 21 heavy (non-hydrogen) atoms. The van der Waals surface area contributed by atoms with Gasteiger partial charge in [-0.3, -0.25) is 4.79 Å². The molecule has 4 nitrogen and oxygen atoms in total. The van der Waals surface area contributed by atoms with Gasteiger partial charge in [-0.1, -0.05) is 25.0 Å². The number of benzene rings is 1. The van der Waals surface area contributed by atoms with Crippen LogP contribution in [0.3, 0.4) is 0 Å². The first kappa shape index (κ1) is 15.8. The fourth-order valence-electron chi connectivity index (χ4n) is 3.05. The first-order chi connectivity index (χ1) is 10.1. The van der Waals surface area contributed by atoms with Crippen LogP contribution in [0, 0.1) is 13.8 Å². The average molecular weight is 290 g/mol. The van der Waals surface area contributed by atoms with Crippen LogP contribution < -0.4 is 15.4 Å². The lowest BCUT2D eigenvalue weighted by atomic mass is 10.1. The maximum absolute atomic E-state index is 11.9. The van der Waals surface area contributed by atoms with Gasteiger partial charge in [0, 0.05) is 12.6 Å². The molecule has 0 saturated heterocycles. The highest BCUT2D eigenvalue weighted by Gasteiger charge is 2.17. The Morgan fingerprint density at radius 1 is 1.24 bits per heavy atom. The van der Waals surface area contributed by atoms with E-state index in [1.807, 2.05) is 20.9 Å². The van der Waals surface area contributed by atoms with Crippen LogP contribution in [0.25, 0.3) is 0 Å². The molecule has 116 valence electrons. The van der Waals surface area contributed by atoms with E-state index in [9.17, 15) is 4.79 Å². The molecule has 0 bridgehead atoms. The van der Waals surface area contributed by atoms with Crippen LogP contribution in [0.1, 0.15) is 42.4 Å². The molecule has 4 heteroatoms. The van der Waals surface area contributed by atoms with Crippen molar-refractivity contribution < 1.29 is 9.53 Å². The molecule has 0 atom stereocenters. The van der Waals surface area contributed by atoms with Crippen molar-refractivity contribution in [1.82, 2.24) is 10.6 Å². The van der Waals surface area contributed by atoms with E-state index in [0.717, 1.165) is 36.3 Å². The summed E-state index contributed by atoms with van der Waals surface area (Å²) < 4.78 is 5.74. The van der Waals surface area contributed by atoms with Gasteiger partial charge in [-0.15, -0.1) is 0 Å². The molecule has 0 aromatic heterocycles. The van der Waals surface area contributed by atoms with Crippen molar-refractivity contribution in [3.8, 4) is 5.75 Å². The molecule has 1 aliphatic rings. The first-order valence-electron chi connectivity index (χ1n) is 7.77. The molecule has 0 aliphatic heterocycles. The summed E-state index contributed by atoms with van der Waals surface area (Å²) in [6, 6.07) is 4.56. The lowest BCUT2D eigenvalue weighted by Crippen LogP contribution is -2.36. The van der Waals surface area contributed by atoms with Gasteiger partial charge in [0.15, 0.2) is 6.61 Å². The topological polar surface area (TPSA) is 50.4 Å². The van der Waals surface area contributed by atoms with Crippen molar-refractivity contribution in [1.29, 1.82) is 0 Å². The third-order valence-corrected chi connectivity index (χ3v) is 3.97. The lowest BCUT2D eigenvalue weighted by Gasteiger charge is -2.16. The highest BCUT2D eigenvalue weighted by Crippen LogP contribution is 2.25. The average Bonchev–Trinajstić information content (AvgIpc) is 2.91. The minimum absolute atomic E-state index is 0.0139. The number of amides is 1. The van der Waals surface area contributed by atoms with Gasteiger partial charge in [-0.05, 0) is 50.4 Å². The standard InChI is InChI=1S/C17H26N2O2/c1-12-8-14(10-18-3)9-13(2)17(12)21-11-16(20)19-15-6-4-5-7-15/h8-9,15,18H,4-7,10-11H2,1-3H3,(H,19,20). The Kier molecular flexibility index (Phi) is 5.62. The maximum Gasteiger partial charge on any atom is 0.258 e. The molecule has 0 spiro atoms. The van der Waals surface area contributed by atoms with Gasteiger partial charge in [0.05, 0.1) is 0 Å². The lowest BCUT2D eigenvalue weighted by molar-refractivity contribution is -0.123. The monoisotopic (exact) mass is 290 g/mol. The predicted molar refractivity (Wildman–Crippen MR) is 84.6 cm³/mol. The van der Waals surface area contributed by atoms with Crippen molar-refractivity contribution in [2.24, 2.45) is 0 Å². The molecule has 0 unspecified atom stereocenters. The number of ether oxygens (including phenoxy) is 1. The zero-order valence-electron chi connectivity index (χ0n) is 13.3. The van der Waals surface area contributed by atoms with Crippen LogP contribution >= 0.6 is 0 Å². The van der Waals surface area contributed by atoms with Crippen LogP contribution in [-0.2, 0) is 11.3 Å². The van der Waals surface area contributed by atoms with E-state index >= 15 is 0 Å². The molecule has 0 heterocycles. The normalized spacial score (nSPS) is 15.2. The Bertz CT molecular complexity index is 471. The van der Waals surface area contributed by atoms with E-state index in [2.05, 4.69) is 22.8 Å². The summed E-state index contributed by atoms with van der Waals surface area (Å²) in [5, 5.41) is 6.19. The van der Waals surface area contributed by atoms with Gasteiger partial charge in [0.2, 0.25) is 0 Å². The quantitative estimate of drug-likeness (QED) is 0.846. The Labute approximate surface area is 127 Å². The fraction of sp³-hybridized carbons (Fsp3) is 0.588. The van der Waals surface area contributed by atoms with E-state index in [1.165, 1.54) is 18.4 Å². The molecule has 1 amide bonds. The summed E-state index contributed by atoms with van der Waals surface area (Å²) in [7, 11) is 1.93. The highest BCUT2D eigenvalue weighted by molar-refractivity contribution is 5.78. The molecule has 2 rings (SSSR count). The third-order valence-electron chi connectivity index (χ3n) is 3.97. The van der Waals surface area contributed by atoms with E-state index in [4.69, 9.17) is 4.74 Å². The van der Waals surface area contributed by atoms with Gasteiger partial charge >= 0.3 is 0 Å². The molecular weight excluding hydrogens is 264 g/mol. The number of rotatable bonds is 6. The zero-order chi connectivity index (χ0) is 15.2. The molecule has 0 radical (unpaired) electrons. The SMILES string of the molecule is CNCc1cc(C)c(OCC(=O)NC2CCCC2)c(C)c1. The molecule has 1 aliphatic carbocycles. The fourth-order valence-corrected chi connectivity index (χ4v) is 3.05. The predicted octanol–water partition coefficient (Wildman–Crippen LogP) is 2.46. The summed E-state index contributed by atoms with van der Waals surface area (Å²) in [6.45, 7) is 4.99. The number of hydrogen-bond donors (Lipinski definition) is 2. The largest absolute Gasteiger partial charge is 0.483 e. The minimum Gasteiger partial charge on any atom is -0.483 e. The van der Waals surface area contributed by atoms with Crippen molar-refractivity contribution >= 4 is 5.91 Å². The minimum atomic E-state index is -0.0139.